The van der Waals surface area contributed by atoms with Gasteiger partial charge in [0.25, 0.3) is 5.91 Å². The summed E-state index contributed by atoms with van der Waals surface area (Å²) in [6, 6.07) is 15.4. The second-order valence-corrected chi connectivity index (χ2v) is 6.21. The van der Waals surface area contributed by atoms with Crippen molar-refractivity contribution in [2.45, 2.75) is 6.92 Å². The van der Waals surface area contributed by atoms with Crippen molar-refractivity contribution in [3.63, 3.8) is 0 Å². The Kier molecular flexibility index (Phi) is 6.09. The van der Waals surface area contributed by atoms with Crippen LogP contribution in [0.25, 0.3) is 0 Å². The highest BCUT2D eigenvalue weighted by molar-refractivity contribution is 6.05. The number of carbonyl (C=O) groups excluding carboxylic acids is 2. The van der Waals surface area contributed by atoms with Crippen LogP contribution in [-0.2, 0) is 0 Å². The number of nitrogens with one attached hydrogen (secondary N) is 2. The molecule has 7 heteroatoms. The van der Waals surface area contributed by atoms with Crippen molar-refractivity contribution in [3.8, 4) is 11.5 Å². The van der Waals surface area contributed by atoms with Crippen molar-refractivity contribution >= 4 is 28.9 Å². The van der Waals surface area contributed by atoms with E-state index in [2.05, 4.69) is 15.6 Å². The number of hydrogen-bond donors (Lipinski definition) is 2. The van der Waals surface area contributed by atoms with Crippen molar-refractivity contribution in [2.75, 3.05) is 24.9 Å². The summed E-state index contributed by atoms with van der Waals surface area (Å²) in [6.45, 7) is 1.50. The van der Waals surface area contributed by atoms with E-state index >= 15 is 0 Å². The Morgan fingerprint density at radius 1 is 0.828 bits per heavy atom. The van der Waals surface area contributed by atoms with Crippen LogP contribution in [0.1, 0.15) is 27.6 Å². The number of rotatable bonds is 7. The smallest absolute Gasteiger partial charge is 0.255 e. The van der Waals surface area contributed by atoms with E-state index < -0.39 is 0 Å². The number of pyridine rings is 1. The largest absolute Gasteiger partial charge is 0.493 e. The number of Topliss-reactive ketones (excluding diaryl/α,β-unsaturated/α-hetero) is 1. The first-order valence-corrected chi connectivity index (χ1v) is 8.87. The van der Waals surface area contributed by atoms with E-state index in [4.69, 9.17) is 9.47 Å². The number of methoxy groups -OCH3 is 2. The summed E-state index contributed by atoms with van der Waals surface area (Å²) in [4.78, 5) is 28.2. The summed E-state index contributed by atoms with van der Waals surface area (Å²) in [5.41, 5.74) is 2.38. The number of carbonyl (C=O) groups is 2. The maximum absolute atomic E-state index is 12.6. The van der Waals surface area contributed by atoms with E-state index in [0.29, 0.717) is 34.1 Å². The molecule has 7 nitrogen and oxygen atoms in total. The standard InChI is InChI=1S/C22H21N3O4/c1-14(26)15-4-6-17(7-5-15)25-22(27)16-10-11-23-21(12-16)24-18-8-9-19(28-2)20(13-18)29-3/h4-13H,1-3H3,(H,23,24)(H,25,27). The summed E-state index contributed by atoms with van der Waals surface area (Å²) >= 11 is 0. The van der Waals surface area contributed by atoms with Crippen LogP contribution in [0.2, 0.25) is 0 Å². The second-order valence-electron chi connectivity index (χ2n) is 6.21. The minimum atomic E-state index is -0.279. The first-order chi connectivity index (χ1) is 14.0. The predicted octanol–water partition coefficient (Wildman–Crippen LogP) is 4.30. The van der Waals surface area contributed by atoms with Gasteiger partial charge in [-0.25, -0.2) is 4.98 Å². The van der Waals surface area contributed by atoms with Crippen LogP contribution in [0, 0.1) is 0 Å². The van der Waals surface area contributed by atoms with Crippen molar-refractivity contribution in [1.82, 2.24) is 4.98 Å². The van der Waals surface area contributed by atoms with E-state index in [1.54, 1.807) is 68.9 Å². The lowest BCUT2D eigenvalue weighted by Gasteiger charge is -2.11. The molecule has 0 spiro atoms. The van der Waals surface area contributed by atoms with Crippen molar-refractivity contribution < 1.29 is 19.1 Å². The van der Waals surface area contributed by atoms with Crippen LogP contribution in [0.3, 0.4) is 0 Å². The average molecular weight is 391 g/mol. The Morgan fingerprint density at radius 3 is 2.17 bits per heavy atom. The van der Waals surface area contributed by atoms with E-state index in [9.17, 15) is 9.59 Å². The molecule has 2 N–H and O–H groups in total. The van der Waals surface area contributed by atoms with Gasteiger partial charge in [-0.15, -0.1) is 0 Å². The van der Waals surface area contributed by atoms with Gasteiger partial charge in [0.2, 0.25) is 0 Å². The number of nitrogens with zero attached hydrogens (tertiary/aromatic N) is 1. The summed E-state index contributed by atoms with van der Waals surface area (Å²) in [5, 5.41) is 5.95. The molecule has 148 valence electrons. The third kappa shape index (κ3) is 4.90. The minimum Gasteiger partial charge on any atom is -0.493 e. The average Bonchev–Trinajstić information content (AvgIpc) is 2.74. The molecule has 0 aliphatic carbocycles. The fourth-order valence-electron chi connectivity index (χ4n) is 2.69. The lowest BCUT2D eigenvalue weighted by atomic mass is 10.1. The van der Waals surface area contributed by atoms with Crippen LogP contribution in [0.5, 0.6) is 11.5 Å². The number of ether oxygens (including phenoxy) is 2. The van der Waals surface area contributed by atoms with Gasteiger partial charge in [0.1, 0.15) is 5.82 Å². The predicted molar refractivity (Wildman–Crippen MR) is 111 cm³/mol. The molecule has 0 atom stereocenters. The van der Waals surface area contributed by atoms with Crippen LogP contribution in [0.15, 0.2) is 60.8 Å². The lowest BCUT2D eigenvalue weighted by molar-refractivity contribution is 0.101. The Balaban J connectivity index is 1.73. The zero-order chi connectivity index (χ0) is 20.8. The number of benzene rings is 2. The summed E-state index contributed by atoms with van der Waals surface area (Å²) in [7, 11) is 3.13. The van der Waals surface area contributed by atoms with Crippen molar-refractivity contribution in [3.05, 3.63) is 71.9 Å². The Hall–Kier alpha value is -3.87. The number of amides is 1. The molecule has 0 saturated heterocycles. The van der Waals surface area contributed by atoms with E-state index in [1.807, 2.05) is 6.07 Å². The van der Waals surface area contributed by atoms with Gasteiger partial charge < -0.3 is 20.1 Å². The fraction of sp³-hybridized carbons (Fsp3) is 0.136. The Morgan fingerprint density at radius 2 is 1.52 bits per heavy atom. The quantitative estimate of drug-likeness (QED) is 0.584. The molecule has 1 aromatic heterocycles. The lowest BCUT2D eigenvalue weighted by Crippen LogP contribution is -2.12. The highest BCUT2D eigenvalue weighted by Gasteiger charge is 2.10. The molecule has 3 rings (SSSR count). The van der Waals surface area contributed by atoms with Gasteiger partial charge in [0, 0.05) is 34.8 Å². The second kappa shape index (κ2) is 8.88. The molecule has 0 radical (unpaired) electrons. The van der Waals surface area contributed by atoms with Gasteiger partial charge in [-0.2, -0.15) is 0 Å². The monoisotopic (exact) mass is 391 g/mol. The molecule has 0 fully saturated rings. The molecule has 29 heavy (non-hydrogen) atoms. The van der Waals surface area contributed by atoms with Crippen LogP contribution in [-0.4, -0.2) is 30.9 Å². The Labute approximate surface area is 168 Å². The fourth-order valence-corrected chi connectivity index (χ4v) is 2.69. The summed E-state index contributed by atoms with van der Waals surface area (Å²) < 4.78 is 10.5. The highest BCUT2D eigenvalue weighted by atomic mass is 16.5. The normalized spacial score (nSPS) is 10.2. The van der Waals surface area contributed by atoms with E-state index in [1.165, 1.54) is 6.92 Å². The molecule has 0 bridgehead atoms. The third-order valence-corrected chi connectivity index (χ3v) is 4.23. The van der Waals surface area contributed by atoms with E-state index in [-0.39, 0.29) is 11.7 Å². The zero-order valence-corrected chi connectivity index (χ0v) is 16.4. The van der Waals surface area contributed by atoms with Gasteiger partial charge in [0.15, 0.2) is 17.3 Å². The topological polar surface area (TPSA) is 89.6 Å². The summed E-state index contributed by atoms with van der Waals surface area (Å²) in [5.74, 6) is 1.41. The van der Waals surface area contributed by atoms with Gasteiger partial charge in [-0.05, 0) is 55.5 Å². The van der Waals surface area contributed by atoms with Crippen molar-refractivity contribution in [2.24, 2.45) is 0 Å². The van der Waals surface area contributed by atoms with Gasteiger partial charge in [-0.3, -0.25) is 9.59 Å². The van der Waals surface area contributed by atoms with Gasteiger partial charge in [-0.1, -0.05) is 0 Å². The molecule has 1 heterocycles. The number of hydrogen-bond acceptors (Lipinski definition) is 6. The maximum atomic E-state index is 12.6. The molecular formula is C22H21N3O4. The van der Waals surface area contributed by atoms with Gasteiger partial charge in [0.05, 0.1) is 14.2 Å². The molecule has 2 aromatic carbocycles. The van der Waals surface area contributed by atoms with Crippen molar-refractivity contribution in [1.29, 1.82) is 0 Å². The first kappa shape index (κ1) is 19.9. The molecule has 0 saturated carbocycles. The molecule has 0 aliphatic rings. The first-order valence-electron chi connectivity index (χ1n) is 8.87. The summed E-state index contributed by atoms with van der Waals surface area (Å²) in [6.07, 6.45) is 1.55. The molecular weight excluding hydrogens is 370 g/mol. The van der Waals surface area contributed by atoms with Crippen LogP contribution < -0.4 is 20.1 Å². The van der Waals surface area contributed by atoms with E-state index in [0.717, 1.165) is 5.69 Å². The molecule has 0 unspecified atom stereocenters. The number of aromatic nitrogens is 1. The van der Waals surface area contributed by atoms with Crippen LogP contribution >= 0.6 is 0 Å². The van der Waals surface area contributed by atoms with Crippen LogP contribution in [0.4, 0.5) is 17.2 Å². The number of anilines is 3. The number of ketones is 1. The molecule has 3 aromatic rings. The van der Waals surface area contributed by atoms with Gasteiger partial charge >= 0.3 is 0 Å². The Bertz CT molecular complexity index is 1030. The SMILES string of the molecule is COc1ccc(Nc2cc(C(=O)Nc3ccc(C(C)=O)cc3)ccn2)cc1OC. The molecule has 0 aliphatic heterocycles. The minimum absolute atomic E-state index is 0.0251. The highest BCUT2D eigenvalue weighted by Crippen LogP contribution is 2.30. The maximum Gasteiger partial charge on any atom is 0.255 e. The molecule has 1 amide bonds. The zero-order valence-electron chi connectivity index (χ0n) is 16.4. The third-order valence-electron chi connectivity index (χ3n) is 4.23.